The molecule has 0 bridgehead atoms. The normalized spacial score (nSPS) is 26.7. The lowest BCUT2D eigenvalue weighted by Gasteiger charge is -2.38. The van der Waals surface area contributed by atoms with E-state index >= 15 is 0 Å². The summed E-state index contributed by atoms with van der Waals surface area (Å²) >= 11 is 1.37. The maximum absolute atomic E-state index is 13.8. The number of amidine groups is 1. The van der Waals surface area contributed by atoms with E-state index in [2.05, 4.69) is 14.8 Å². The van der Waals surface area contributed by atoms with Gasteiger partial charge in [-0.15, -0.1) is 0 Å². The Hall–Kier alpha value is -1.66. The van der Waals surface area contributed by atoms with E-state index in [-0.39, 0.29) is 11.7 Å². The molecule has 0 N–H and O–H groups in total. The number of carbonyl (C=O) groups is 1. The number of hydrogen-bond donors (Lipinski definition) is 0. The number of halogens is 1. The number of aliphatic imine (C=N–C) groups is 1. The van der Waals surface area contributed by atoms with Crippen LogP contribution in [0.4, 0.5) is 4.39 Å². The van der Waals surface area contributed by atoms with Crippen LogP contribution in [0.2, 0.25) is 0 Å². The molecule has 0 aromatic heterocycles. The summed E-state index contributed by atoms with van der Waals surface area (Å²) in [4.78, 5) is 21.6. The van der Waals surface area contributed by atoms with E-state index in [1.165, 1.54) is 37.2 Å². The summed E-state index contributed by atoms with van der Waals surface area (Å²) in [5, 5.41) is 0.768. The molecule has 3 aliphatic rings. The smallest absolute Gasteiger partial charge is 0.286 e. The first kappa shape index (κ1) is 14.9. The average molecular weight is 331 g/mol. The molecule has 0 aliphatic carbocycles. The van der Waals surface area contributed by atoms with Gasteiger partial charge in [0.1, 0.15) is 5.82 Å². The van der Waals surface area contributed by atoms with Crippen molar-refractivity contribution in [2.75, 3.05) is 26.2 Å². The van der Waals surface area contributed by atoms with Gasteiger partial charge < -0.3 is 4.90 Å². The van der Waals surface area contributed by atoms with Gasteiger partial charge in [0.25, 0.3) is 5.91 Å². The van der Waals surface area contributed by atoms with Crippen molar-refractivity contribution in [2.45, 2.75) is 18.9 Å². The van der Waals surface area contributed by atoms with Crippen LogP contribution in [0.25, 0.3) is 6.08 Å². The first-order valence-corrected chi connectivity index (χ1v) is 8.78. The molecule has 0 spiro atoms. The fourth-order valence-corrected chi connectivity index (χ4v) is 4.37. The van der Waals surface area contributed by atoms with Gasteiger partial charge in [0.2, 0.25) is 0 Å². The third kappa shape index (κ3) is 2.93. The number of piperazine rings is 1. The summed E-state index contributed by atoms with van der Waals surface area (Å²) < 4.78 is 13.8. The van der Waals surface area contributed by atoms with Crippen LogP contribution in [-0.4, -0.2) is 53.1 Å². The summed E-state index contributed by atoms with van der Waals surface area (Å²) in [5.74, 6) is -0.580. The Morgan fingerprint density at radius 3 is 3.00 bits per heavy atom. The first-order valence-electron chi connectivity index (χ1n) is 7.97. The zero-order chi connectivity index (χ0) is 15.8. The summed E-state index contributed by atoms with van der Waals surface area (Å²) in [6.07, 6.45) is 4.08. The molecule has 2 saturated heterocycles. The second-order valence-electron chi connectivity index (χ2n) is 6.11. The molecular formula is C17H18FN3OS. The van der Waals surface area contributed by atoms with E-state index in [1.807, 2.05) is 0 Å². The van der Waals surface area contributed by atoms with Crippen LogP contribution in [0.5, 0.6) is 0 Å². The summed E-state index contributed by atoms with van der Waals surface area (Å²) in [6.45, 7) is 4.06. The molecule has 4 nitrogen and oxygen atoms in total. The number of rotatable bonds is 1. The van der Waals surface area contributed by atoms with E-state index in [4.69, 9.17) is 0 Å². The van der Waals surface area contributed by atoms with Crippen LogP contribution in [0.15, 0.2) is 34.2 Å². The molecule has 1 atom stereocenters. The van der Waals surface area contributed by atoms with E-state index in [0.29, 0.717) is 16.5 Å². The van der Waals surface area contributed by atoms with Gasteiger partial charge in [0.05, 0.1) is 4.91 Å². The Bertz CT molecular complexity index is 703. The van der Waals surface area contributed by atoms with Crippen molar-refractivity contribution < 1.29 is 9.18 Å². The summed E-state index contributed by atoms with van der Waals surface area (Å²) in [7, 11) is 0. The van der Waals surface area contributed by atoms with Crippen molar-refractivity contribution in [3.05, 3.63) is 40.6 Å². The lowest BCUT2D eigenvalue weighted by atomic mass is 10.2. The van der Waals surface area contributed by atoms with Gasteiger partial charge in [0.15, 0.2) is 5.17 Å². The van der Waals surface area contributed by atoms with Gasteiger partial charge in [-0.2, -0.15) is 4.99 Å². The highest BCUT2D eigenvalue weighted by molar-refractivity contribution is 8.18. The minimum absolute atomic E-state index is 0.262. The second kappa shape index (κ2) is 6.09. The summed E-state index contributed by atoms with van der Waals surface area (Å²) in [5.41, 5.74) is 0.431. The zero-order valence-electron chi connectivity index (χ0n) is 12.7. The molecule has 6 heteroatoms. The molecular weight excluding hydrogens is 313 g/mol. The molecule has 3 heterocycles. The lowest BCUT2D eigenvalue weighted by molar-refractivity contribution is -0.113. The van der Waals surface area contributed by atoms with Crippen molar-refractivity contribution in [1.29, 1.82) is 0 Å². The van der Waals surface area contributed by atoms with Crippen molar-refractivity contribution in [3.63, 3.8) is 0 Å². The fourth-order valence-electron chi connectivity index (χ4n) is 3.43. The average Bonchev–Trinajstić information content (AvgIpc) is 3.16. The van der Waals surface area contributed by atoms with Gasteiger partial charge in [0, 0.05) is 31.2 Å². The number of hydrogen-bond acceptors (Lipinski definition) is 4. The van der Waals surface area contributed by atoms with Crippen LogP contribution < -0.4 is 0 Å². The van der Waals surface area contributed by atoms with E-state index in [0.717, 1.165) is 24.8 Å². The monoisotopic (exact) mass is 331 g/mol. The van der Waals surface area contributed by atoms with E-state index < -0.39 is 0 Å². The Morgan fingerprint density at radius 2 is 2.13 bits per heavy atom. The van der Waals surface area contributed by atoms with Crippen LogP contribution >= 0.6 is 11.8 Å². The molecule has 2 fully saturated rings. The quantitative estimate of drug-likeness (QED) is 0.741. The Balaban J connectivity index is 1.49. The molecule has 0 saturated carbocycles. The predicted molar refractivity (Wildman–Crippen MR) is 90.6 cm³/mol. The first-order chi connectivity index (χ1) is 11.2. The molecule has 120 valence electrons. The topological polar surface area (TPSA) is 35.9 Å². The standard InChI is InChI=1S/C17H18FN3OS/c18-14-6-2-1-4-12(14)10-15-16(22)19-17(23-15)21-9-8-20-7-3-5-13(20)11-21/h1-2,4,6,10,13H,3,5,7-9,11H2/b15-10-. The second-order valence-corrected chi connectivity index (χ2v) is 7.12. The number of amides is 1. The summed E-state index contributed by atoms with van der Waals surface area (Å²) in [6, 6.07) is 7.06. The molecule has 3 aliphatic heterocycles. The zero-order valence-corrected chi connectivity index (χ0v) is 13.6. The van der Waals surface area contributed by atoms with Crippen LogP contribution in [0.1, 0.15) is 18.4 Å². The molecule has 0 radical (unpaired) electrons. The molecule has 1 aromatic carbocycles. The van der Waals surface area contributed by atoms with Crippen molar-refractivity contribution >= 4 is 28.9 Å². The lowest BCUT2D eigenvalue weighted by Crippen LogP contribution is -2.51. The van der Waals surface area contributed by atoms with Gasteiger partial charge in [-0.3, -0.25) is 9.69 Å². The fraction of sp³-hybridized carbons (Fsp3) is 0.412. The third-order valence-electron chi connectivity index (χ3n) is 4.66. The maximum Gasteiger partial charge on any atom is 0.286 e. The van der Waals surface area contributed by atoms with Gasteiger partial charge in [-0.1, -0.05) is 18.2 Å². The number of thioether (sulfide) groups is 1. The largest absolute Gasteiger partial charge is 0.348 e. The maximum atomic E-state index is 13.8. The molecule has 1 unspecified atom stereocenters. The number of fused-ring (bicyclic) bond motifs is 1. The highest BCUT2D eigenvalue weighted by atomic mass is 32.2. The number of carbonyl (C=O) groups excluding carboxylic acids is 1. The number of nitrogens with zero attached hydrogens (tertiary/aromatic N) is 3. The minimum atomic E-state index is -0.318. The Kier molecular flexibility index (Phi) is 3.95. The molecule has 1 amide bonds. The van der Waals surface area contributed by atoms with Gasteiger partial charge in [-0.05, 0) is 43.3 Å². The SMILES string of the molecule is O=C1N=C(N2CCN3CCCC3C2)S/C1=C\c1ccccc1F. The highest BCUT2D eigenvalue weighted by Gasteiger charge is 2.34. The van der Waals surface area contributed by atoms with E-state index in [1.54, 1.807) is 24.3 Å². The van der Waals surface area contributed by atoms with Gasteiger partial charge in [-0.25, -0.2) is 4.39 Å². The highest BCUT2D eigenvalue weighted by Crippen LogP contribution is 2.32. The molecule has 4 rings (SSSR count). The number of benzene rings is 1. The third-order valence-corrected chi connectivity index (χ3v) is 5.70. The van der Waals surface area contributed by atoms with Crippen molar-refractivity contribution in [2.24, 2.45) is 4.99 Å². The van der Waals surface area contributed by atoms with Crippen LogP contribution in [0, 0.1) is 5.82 Å². The Morgan fingerprint density at radius 1 is 1.26 bits per heavy atom. The van der Waals surface area contributed by atoms with E-state index in [9.17, 15) is 9.18 Å². The molecule has 23 heavy (non-hydrogen) atoms. The van der Waals surface area contributed by atoms with Crippen molar-refractivity contribution in [1.82, 2.24) is 9.80 Å². The predicted octanol–water partition coefficient (Wildman–Crippen LogP) is 2.58. The van der Waals surface area contributed by atoms with Gasteiger partial charge >= 0.3 is 0 Å². The molecule has 1 aromatic rings. The van der Waals surface area contributed by atoms with Crippen LogP contribution in [0.3, 0.4) is 0 Å². The Labute approximate surface area is 139 Å². The van der Waals surface area contributed by atoms with Crippen molar-refractivity contribution in [3.8, 4) is 0 Å². The minimum Gasteiger partial charge on any atom is -0.348 e. The van der Waals surface area contributed by atoms with Crippen LogP contribution in [-0.2, 0) is 4.79 Å².